The minimum Gasteiger partial charge on any atom is -0.371 e. The van der Waals surface area contributed by atoms with E-state index in [9.17, 15) is 22.8 Å². The summed E-state index contributed by atoms with van der Waals surface area (Å²) in [5.41, 5.74) is 4.38. The van der Waals surface area contributed by atoms with Gasteiger partial charge in [0, 0.05) is 31.9 Å². The van der Waals surface area contributed by atoms with E-state index in [1.165, 1.54) is 17.0 Å². The van der Waals surface area contributed by atoms with Crippen molar-refractivity contribution >= 4 is 17.5 Å². The highest BCUT2D eigenvalue weighted by atomic mass is 19.4. The number of benzene rings is 1. The van der Waals surface area contributed by atoms with E-state index in [-0.39, 0.29) is 11.7 Å². The van der Waals surface area contributed by atoms with Crippen molar-refractivity contribution in [3.63, 3.8) is 0 Å². The van der Waals surface area contributed by atoms with Gasteiger partial charge in [0.25, 0.3) is 0 Å². The van der Waals surface area contributed by atoms with Crippen LogP contribution in [0.1, 0.15) is 18.4 Å². The number of para-hydroxylation sites is 1. The number of rotatable bonds is 2. The van der Waals surface area contributed by atoms with Gasteiger partial charge < -0.3 is 15.5 Å². The first-order valence-electron chi connectivity index (χ1n) is 7.19. The molecule has 1 heterocycles. The lowest BCUT2D eigenvalue weighted by atomic mass is 10.0. The Morgan fingerprint density at radius 2 is 1.78 bits per heavy atom. The molecule has 5 nitrogen and oxygen atoms in total. The van der Waals surface area contributed by atoms with Crippen LogP contribution in [0.25, 0.3) is 0 Å². The number of carbonyl (C=O) groups excluding carboxylic acids is 2. The van der Waals surface area contributed by atoms with Crippen LogP contribution in [0.15, 0.2) is 24.3 Å². The van der Waals surface area contributed by atoms with E-state index in [0.717, 1.165) is 6.07 Å². The monoisotopic (exact) mass is 329 g/mol. The number of anilines is 1. The Hall–Kier alpha value is -2.25. The van der Waals surface area contributed by atoms with Crippen molar-refractivity contribution < 1.29 is 22.8 Å². The number of primary amides is 1. The molecule has 0 aliphatic carbocycles. The van der Waals surface area contributed by atoms with E-state index < -0.39 is 23.6 Å². The SMILES string of the molecule is CN(c1ccccc1C(F)(F)F)C1CCN(C(=O)C(N)=O)CC1. The van der Waals surface area contributed by atoms with Gasteiger partial charge in [-0.05, 0) is 25.0 Å². The normalized spacial score (nSPS) is 16.3. The number of nitrogens with two attached hydrogens (primary N) is 1. The zero-order valence-corrected chi connectivity index (χ0v) is 12.6. The van der Waals surface area contributed by atoms with Crippen molar-refractivity contribution in [3.05, 3.63) is 29.8 Å². The number of hydrogen-bond acceptors (Lipinski definition) is 3. The number of amides is 2. The number of carbonyl (C=O) groups is 2. The lowest BCUT2D eigenvalue weighted by molar-refractivity contribution is -0.144. The van der Waals surface area contributed by atoms with Crippen molar-refractivity contribution in [2.24, 2.45) is 5.73 Å². The van der Waals surface area contributed by atoms with Crippen molar-refractivity contribution in [1.82, 2.24) is 4.90 Å². The zero-order chi connectivity index (χ0) is 17.2. The van der Waals surface area contributed by atoms with Gasteiger partial charge in [-0.1, -0.05) is 12.1 Å². The Balaban J connectivity index is 2.11. The predicted molar refractivity (Wildman–Crippen MR) is 78.6 cm³/mol. The standard InChI is InChI=1S/C15H18F3N3O2/c1-20(12-5-3-2-4-11(12)15(16,17)18)10-6-8-21(9-7-10)14(23)13(19)22/h2-5,10H,6-9H2,1H3,(H2,19,22). The highest BCUT2D eigenvalue weighted by Gasteiger charge is 2.36. The molecule has 2 N–H and O–H groups in total. The zero-order valence-electron chi connectivity index (χ0n) is 12.6. The molecule has 126 valence electrons. The molecule has 0 spiro atoms. The van der Waals surface area contributed by atoms with Crippen LogP contribution in [-0.4, -0.2) is 42.9 Å². The van der Waals surface area contributed by atoms with Gasteiger partial charge in [-0.3, -0.25) is 9.59 Å². The second kappa shape index (κ2) is 6.47. The van der Waals surface area contributed by atoms with Gasteiger partial charge in [0.2, 0.25) is 0 Å². The molecule has 1 aliphatic heterocycles. The Labute approximate surface area is 131 Å². The molecule has 1 fully saturated rings. The highest BCUT2D eigenvalue weighted by molar-refractivity contribution is 6.34. The van der Waals surface area contributed by atoms with Crippen LogP contribution in [0.2, 0.25) is 0 Å². The molecule has 0 saturated carbocycles. The number of hydrogen-bond donors (Lipinski definition) is 1. The predicted octanol–water partition coefficient (Wildman–Crippen LogP) is 1.62. The second-order valence-corrected chi connectivity index (χ2v) is 5.51. The average Bonchev–Trinajstić information content (AvgIpc) is 2.52. The summed E-state index contributed by atoms with van der Waals surface area (Å²) in [5.74, 6) is -1.76. The Morgan fingerprint density at radius 1 is 1.22 bits per heavy atom. The lowest BCUT2D eigenvalue weighted by Gasteiger charge is -2.38. The maximum Gasteiger partial charge on any atom is 0.418 e. The fraction of sp³-hybridized carbons (Fsp3) is 0.467. The molecule has 0 aromatic heterocycles. The summed E-state index contributed by atoms with van der Waals surface area (Å²) in [6.07, 6.45) is -3.48. The molecule has 1 saturated heterocycles. The van der Waals surface area contributed by atoms with Crippen LogP contribution < -0.4 is 10.6 Å². The summed E-state index contributed by atoms with van der Waals surface area (Å²) in [6.45, 7) is 0.593. The largest absolute Gasteiger partial charge is 0.418 e. The second-order valence-electron chi connectivity index (χ2n) is 5.51. The molecule has 0 bridgehead atoms. The minimum atomic E-state index is -4.42. The Bertz CT molecular complexity index is 596. The van der Waals surface area contributed by atoms with Crippen molar-refractivity contribution in [2.45, 2.75) is 25.1 Å². The fourth-order valence-corrected chi connectivity index (χ4v) is 2.83. The van der Waals surface area contributed by atoms with Gasteiger partial charge in [-0.25, -0.2) is 0 Å². The molecular weight excluding hydrogens is 311 g/mol. The van der Waals surface area contributed by atoms with E-state index in [4.69, 9.17) is 5.73 Å². The third-order valence-electron chi connectivity index (χ3n) is 4.10. The van der Waals surface area contributed by atoms with Gasteiger partial charge in [0.15, 0.2) is 0 Å². The fourth-order valence-electron chi connectivity index (χ4n) is 2.83. The summed E-state index contributed by atoms with van der Waals surface area (Å²) in [4.78, 5) is 25.3. The van der Waals surface area contributed by atoms with E-state index in [0.29, 0.717) is 25.9 Å². The van der Waals surface area contributed by atoms with Crippen molar-refractivity contribution in [2.75, 3.05) is 25.0 Å². The highest BCUT2D eigenvalue weighted by Crippen LogP contribution is 2.37. The smallest absolute Gasteiger partial charge is 0.371 e. The van der Waals surface area contributed by atoms with Gasteiger partial charge in [0.1, 0.15) is 0 Å². The maximum atomic E-state index is 13.1. The van der Waals surface area contributed by atoms with Crippen molar-refractivity contribution in [3.8, 4) is 0 Å². The third kappa shape index (κ3) is 3.75. The van der Waals surface area contributed by atoms with Gasteiger partial charge in [-0.2, -0.15) is 13.2 Å². The first-order valence-corrected chi connectivity index (χ1v) is 7.19. The summed E-state index contributed by atoms with van der Waals surface area (Å²) in [5, 5.41) is 0. The van der Waals surface area contributed by atoms with Gasteiger partial charge >= 0.3 is 18.0 Å². The van der Waals surface area contributed by atoms with Crippen LogP contribution in [-0.2, 0) is 15.8 Å². The van der Waals surface area contributed by atoms with Crippen LogP contribution in [0.4, 0.5) is 18.9 Å². The number of piperidine rings is 1. The van der Waals surface area contributed by atoms with Gasteiger partial charge in [0.05, 0.1) is 5.56 Å². The van der Waals surface area contributed by atoms with Crippen LogP contribution in [0.3, 0.4) is 0 Å². The molecular formula is C15H18F3N3O2. The quantitative estimate of drug-likeness (QED) is 0.839. The molecule has 23 heavy (non-hydrogen) atoms. The molecule has 2 rings (SSSR count). The van der Waals surface area contributed by atoms with Crippen LogP contribution in [0.5, 0.6) is 0 Å². The first-order chi connectivity index (χ1) is 10.7. The Kier molecular flexibility index (Phi) is 4.82. The number of nitrogens with zero attached hydrogens (tertiary/aromatic N) is 2. The minimum absolute atomic E-state index is 0.111. The molecule has 1 aromatic rings. The summed E-state index contributed by atoms with van der Waals surface area (Å²) in [6, 6.07) is 5.26. The molecule has 1 aliphatic rings. The van der Waals surface area contributed by atoms with Gasteiger partial charge in [-0.15, -0.1) is 0 Å². The van der Waals surface area contributed by atoms with Crippen LogP contribution in [0, 0.1) is 0 Å². The topological polar surface area (TPSA) is 66.6 Å². The molecule has 1 aromatic carbocycles. The maximum absolute atomic E-state index is 13.1. The molecule has 8 heteroatoms. The number of halogens is 3. The molecule has 0 atom stereocenters. The third-order valence-corrected chi connectivity index (χ3v) is 4.10. The molecule has 0 radical (unpaired) electrons. The summed E-state index contributed by atoms with van der Waals surface area (Å²) >= 11 is 0. The first kappa shape index (κ1) is 17.1. The van der Waals surface area contributed by atoms with E-state index >= 15 is 0 Å². The molecule has 2 amide bonds. The summed E-state index contributed by atoms with van der Waals surface area (Å²) in [7, 11) is 1.61. The number of alkyl halides is 3. The lowest BCUT2D eigenvalue weighted by Crippen LogP contribution is -2.49. The Morgan fingerprint density at radius 3 is 2.30 bits per heavy atom. The van der Waals surface area contributed by atoms with E-state index in [2.05, 4.69) is 0 Å². The number of likely N-dealkylation sites (tertiary alicyclic amines) is 1. The van der Waals surface area contributed by atoms with E-state index in [1.807, 2.05) is 0 Å². The average molecular weight is 329 g/mol. The van der Waals surface area contributed by atoms with Crippen molar-refractivity contribution in [1.29, 1.82) is 0 Å². The molecule has 0 unspecified atom stereocenters. The van der Waals surface area contributed by atoms with Crippen LogP contribution >= 0.6 is 0 Å². The summed E-state index contributed by atoms with van der Waals surface area (Å²) < 4.78 is 39.3. The van der Waals surface area contributed by atoms with E-state index in [1.54, 1.807) is 18.0 Å².